The number of fused-ring (bicyclic) bond motifs is 1. The van der Waals surface area contributed by atoms with Gasteiger partial charge in [0, 0.05) is 0 Å². The minimum absolute atomic E-state index is 0.299. The standard InChI is InChI=1S/C16H12ClN3/c1-11-5-4-8-14(12(11)10-18)20-15-7-3-2-6-13(15)19-16(20)9-17/h2-8H,9H2,1H3. The summed E-state index contributed by atoms with van der Waals surface area (Å²) in [6.07, 6.45) is 0. The van der Waals surface area contributed by atoms with Crippen molar-refractivity contribution < 1.29 is 0 Å². The Labute approximate surface area is 122 Å². The number of rotatable bonds is 2. The number of nitriles is 1. The van der Waals surface area contributed by atoms with Crippen molar-refractivity contribution in [2.24, 2.45) is 0 Å². The van der Waals surface area contributed by atoms with Crippen LogP contribution in [0.25, 0.3) is 16.7 Å². The molecule has 4 heteroatoms. The van der Waals surface area contributed by atoms with Gasteiger partial charge in [-0.3, -0.25) is 4.57 Å². The van der Waals surface area contributed by atoms with Gasteiger partial charge in [0.15, 0.2) is 0 Å². The van der Waals surface area contributed by atoms with Crippen molar-refractivity contribution >= 4 is 22.6 Å². The molecule has 0 saturated heterocycles. The molecule has 0 amide bonds. The number of aryl methyl sites for hydroxylation is 1. The highest BCUT2D eigenvalue weighted by Crippen LogP contribution is 2.26. The Morgan fingerprint density at radius 1 is 1.20 bits per heavy atom. The first-order chi connectivity index (χ1) is 9.76. The van der Waals surface area contributed by atoms with Crippen molar-refractivity contribution in [1.82, 2.24) is 9.55 Å². The molecule has 0 aliphatic rings. The fraction of sp³-hybridized carbons (Fsp3) is 0.125. The van der Waals surface area contributed by atoms with E-state index in [0.717, 1.165) is 28.1 Å². The van der Waals surface area contributed by atoms with Gasteiger partial charge in [-0.25, -0.2) is 4.98 Å². The van der Waals surface area contributed by atoms with Gasteiger partial charge in [-0.1, -0.05) is 24.3 Å². The summed E-state index contributed by atoms with van der Waals surface area (Å²) < 4.78 is 1.97. The number of alkyl halides is 1. The summed E-state index contributed by atoms with van der Waals surface area (Å²) in [5.74, 6) is 1.04. The lowest BCUT2D eigenvalue weighted by Crippen LogP contribution is -2.03. The highest BCUT2D eigenvalue weighted by atomic mass is 35.5. The molecular formula is C16H12ClN3. The quantitative estimate of drug-likeness (QED) is 0.668. The van der Waals surface area contributed by atoms with Gasteiger partial charge >= 0.3 is 0 Å². The van der Waals surface area contributed by atoms with Gasteiger partial charge in [0.25, 0.3) is 0 Å². The SMILES string of the molecule is Cc1cccc(-n2c(CCl)nc3ccccc32)c1C#N. The average Bonchev–Trinajstić information content (AvgIpc) is 2.85. The predicted octanol–water partition coefficient (Wildman–Crippen LogP) is 3.94. The molecule has 0 fully saturated rings. The highest BCUT2D eigenvalue weighted by molar-refractivity contribution is 6.17. The molecule has 0 saturated carbocycles. The first-order valence-corrected chi connectivity index (χ1v) is 6.82. The van der Waals surface area contributed by atoms with E-state index in [4.69, 9.17) is 11.6 Å². The van der Waals surface area contributed by atoms with Crippen LogP contribution in [-0.4, -0.2) is 9.55 Å². The number of nitrogens with zero attached hydrogens (tertiary/aromatic N) is 3. The minimum atomic E-state index is 0.299. The molecular weight excluding hydrogens is 270 g/mol. The van der Waals surface area contributed by atoms with Gasteiger partial charge < -0.3 is 0 Å². The summed E-state index contributed by atoms with van der Waals surface area (Å²) in [5, 5.41) is 9.42. The third kappa shape index (κ3) is 1.86. The first kappa shape index (κ1) is 12.7. The van der Waals surface area contributed by atoms with Crippen LogP contribution in [0.15, 0.2) is 42.5 Å². The molecule has 0 unspecified atom stereocenters. The molecule has 3 nitrogen and oxygen atoms in total. The summed E-state index contributed by atoms with van der Waals surface area (Å²) in [7, 11) is 0. The lowest BCUT2D eigenvalue weighted by atomic mass is 10.1. The second kappa shape index (κ2) is 4.99. The van der Waals surface area contributed by atoms with Crippen molar-refractivity contribution in [2.45, 2.75) is 12.8 Å². The van der Waals surface area contributed by atoms with E-state index in [1.807, 2.05) is 54.0 Å². The minimum Gasteiger partial charge on any atom is -0.294 e. The van der Waals surface area contributed by atoms with Crippen LogP contribution < -0.4 is 0 Å². The number of aromatic nitrogens is 2. The van der Waals surface area contributed by atoms with Crippen LogP contribution in [0.3, 0.4) is 0 Å². The Kier molecular flexibility index (Phi) is 3.17. The Balaban J connectivity index is 2.41. The monoisotopic (exact) mass is 281 g/mol. The molecule has 98 valence electrons. The van der Waals surface area contributed by atoms with Crippen molar-refractivity contribution in [1.29, 1.82) is 5.26 Å². The summed E-state index contributed by atoms with van der Waals surface area (Å²) >= 11 is 6.02. The largest absolute Gasteiger partial charge is 0.294 e. The van der Waals surface area contributed by atoms with Gasteiger partial charge in [-0.05, 0) is 30.7 Å². The van der Waals surface area contributed by atoms with Crippen LogP contribution in [0.2, 0.25) is 0 Å². The van der Waals surface area contributed by atoms with E-state index < -0.39 is 0 Å². The molecule has 0 N–H and O–H groups in total. The lowest BCUT2D eigenvalue weighted by molar-refractivity contribution is 0.976. The van der Waals surface area contributed by atoms with Crippen LogP contribution in [-0.2, 0) is 5.88 Å². The molecule has 0 bridgehead atoms. The zero-order valence-electron chi connectivity index (χ0n) is 11.0. The van der Waals surface area contributed by atoms with E-state index >= 15 is 0 Å². The smallest absolute Gasteiger partial charge is 0.129 e. The predicted molar refractivity (Wildman–Crippen MR) is 80.1 cm³/mol. The molecule has 20 heavy (non-hydrogen) atoms. The van der Waals surface area contributed by atoms with E-state index in [9.17, 15) is 5.26 Å². The summed E-state index contributed by atoms with van der Waals surface area (Å²) in [6.45, 7) is 1.93. The highest BCUT2D eigenvalue weighted by Gasteiger charge is 2.15. The van der Waals surface area contributed by atoms with Crippen LogP contribution in [0.5, 0.6) is 0 Å². The molecule has 0 aliphatic heterocycles. The number of para-hydroxylation sites is 2. The number of hydrogen-bond acceptors (Lipinski definition) is 2. The second-order valence-electron chi connectivity index (χ2n) is 4.57. The van der Waals surface area contributed by atoms with Gasteiger partial charge in [-0.2, -0.15) is 5.26 Å². The normalized spacial score (nSPS) is 10.7. The molecule has 0 spiro atoms. The average molecular weight is 282 g/mol. The van der Waals surface area contributed by atoms with Crippen LogP contribution in [0.1, 0.15) is 17.0 Å². The van der Waals surface area contributed by atoms with E-state index in [-0.39, 0.29) is 0 Å². The molecule has 3 rings (SSSR count). The fourth-order valence-electron chi connectivity index (χ4n) is 2.42. The Morgan fingerprint density at radius 3 is 2.75 bits per heavy atom. The number of imidazole rings is 1. The zero-order valence-corrected chi connectivity index (χ0v) is 11.7. The number of halogens is 1. The fourth-order valence-corrected chi connectivity index (χ4v) is 2.60. The molecule has 2 aromatic carbocycles. The summed E-state index contributed by atoms with van der Waals surface area (Å²) in [4.78, 5) is 4.53. The molecule has 1 aromatic heterocycles. The molecule has 0 radical (unpaired) electrons. The van der Waals surface area contributed by atoms with E-state index in [1.54, 1.807) is 0 Å². The molecule has 3 aromatic rings. The van der Waals surface area contributed by atoms with Crippen LogP contribution in [0.4, 0.5) is 0 Å². The summed E-state index contributed by atoms with van der Waals surface area (Å²) in [5.41, 5.74) is 4.28. The maximum atomic E-state index is 9.42. The van der Waals surface area contributed by atoms with Crippen molar-refractivity contribution in [3.63, 3.8) is 0 Å². The number of hydrogen-bond donors (Lipinski definition) is 0. The van der Waals surface area contributed by atoms with E-state index in [1.165, 1.54) is 0 Å². The van der Waals surface area contributed by atoms with Gasteiger partial charge in [-0.15, -0.1) is 11.6 Å². The first-order valence-electron chi connectivity index (χ1n) is 6.28. The topological polar surface area (TPSA) is 41.6 Å². The Bertz CT molecular complexity index is 827. The molecule has 0 aliphatic carbocycles. The van der Waals surface area contributed by atoms with Gasteiger partial charge in [0.05, 0.1) is 28.2 Å². The van der Waals surface area contributed by atoms with E-state index in [0.29, 0.717) is 11.4 Å². The van der Waals surface area contributed by atoms with Crippen molar-refractivity contribution in [3.05, 3.63) is 59.4 Å². The third-order valence-corrected chi connectivity index (χ3v) is 3.59. The van der Waals surface area contributed by atoms with Gasteiger partial charge in [0.2, 0.25) is 0 Å². The number of benzene rings is 2. The molecule has 0 atom stereocenters. The summed E-state index contributed by atoms with van der Waals surface area (Å²) in [6, 6.07) is 15.9. The van der Waals surface area contributed by atoms with Crippen molar-refractivity contribution in [3.8, 4) is 11.8 Å². The maximum Gasteiger partial charge on any atom is 0.129 e. The molecule has 1 heterocycles. The third-order valence-electron chi connectivity index (χ3n) is 3.35. The van der Waals surface area contributed by atoms with E-state index in [2.05, 4.69) is 11.1 Å². The van der Waals surface area contributed by atoms with Crippen LogP contribution in [0, 0.1) is 18.3 Å². The Morgan fingerprint density at radius 2 is 2.00 bits per heavy atom. The maximum absolute atomic E-state index is 9.42. The second-order valence-corrected chi connectivity index (χ2v) is 4.83. The Hall–Kier alpha value is -2.31. The zero-order chi connectivity index (χ0) is 14.1. The van der Waals surface area contributed by atoms with Crippen molar-refractivity contribution in [2.75, 3.05) is 0 Å². The van der Waals surface area contributed by atoms with Crippen LogP contribution >= 0.6 is 11.6 Å². The van der Waals surface area contributed by atoms with Gasteiger partial charge in [0.1, 0.15) is 11.9 Å². The lowest BCUT2D eigenvalue weighted by Gasteiger charge is -2.11.